The van der Waals surface area contributed by atoms with Gasteiger partial charge in [-0.15, -0.1) is 0 Å². The quantitative estimate of drug-likeness (QED) is 0.143. The van der Waals surface area contributed by atoms with Crippen LogP contribution in [0.1, 0.15) is 37.4 Å². The predicted molar refractivity (Wildman–Crippen MR) is 201 cm³/mol. The fourth-order valence-corrected chi connectivity index (χ4v) is 5.45. The number of ether oxygens (including phenoxy) is 2. The predicted octanol–water partition coefficient (Wildman–Crippen LogP) is 7.10. The minimum Gasteiger partial charge on any atom is -0.496 e. The maximum absolute atomic E-state index is 12.7. The Bertz CT molecular complexity index is 2370. The highest BCUT2D eigenvalue weighted by Crippen LogP contribution is 2.29. The molecule has 4 aromatic heterocycles. The van der Waals surface area contributed by atoms with Crippen LogP contribution in [0.4, 0.5) is 13.2 Å². The summed E-state index contributed by atoms with van der Waals surface area (Å²) in [4.78, 5) is 33.6. The highest BCUT2D eigenvalue weighted by atomic mass is 19.4. The van der Waals surface area contributed by atoms with Gasteiger partial charge < -0.3 is 20.1 Å². The van der Waals surface area contributed by atoms with E-state index in [0.29, 0.717) is 40.8 Å². The van der Waals surface area contributed by atoms with Crippen molar-refractivity contribution >= 4 is 11.8 Å². The molecule has 7 aromatic rings. The van der Waals surface area contributed by atoms with E-state index < -0.39 is 17.6 Å². The lowest BCUT2D eigenvalue weighted by Gasteiger charge is -2.11. The standard InChI is InChI=1S/C23H20N4O2.C18H15F3N4O2/c1-29-21-14-22(27-12-6-11-26-27)24-16-20(21)23(28)25-15-17-7-5-10-19(13-17)18-8-3-2-4-9-18;1-27-15-9-16(25-8-2-7-24-25)22-11-14(15)17(26)23-10-12-3-5-13(6-4-12)18(19,20)21/h2-14,16H,15H2,1H3,(H,25,28);2-9,11H,10H2,1H3,(H,23,26). The van der Waals surface area contributed by atoms with Crippen LogP contribution >= 0.6 is 0 Å². The summed E-state index contributed by atoms with van der Waals surface area (Å²) in [6, 6.07) is 29.6. The first-order valence-corrected chi connectivity index (χ1v) is 17.1. The number of pyridine rings is 2. The molecule has 0 aliphatic carbocycles. The summed E-state index contributed by atoms with van der Waals surface area (Å²) < 4.78 is 51.5. The fraction of sp³-hybridized carbons (Fsp3) is 0.122. The maximum atomic E-state index is 12.7. The van der Waals surface area contributed by atoms with Gasteiger partial charge >= 0.3 is 6.18 Å². The van der Waals surface area contributed by atoms with Gasteiger partial charge in [-0.3, -0.25) is 9.59 Å². The number of benzene rings is 3. The Kier molecular flexibility index (Phi) is 12.1. The summed E-state index contributed by atoms with van der Waals surface area (Å²) in [6.45, 7) is 0.477. The molecule has 0 aliphatic rings. The average molecular weight is 761 g/mol. The molecule has 284 valence electrons. The van der Waals surface area contributed by atoms with Gasteiger partial charge in [0.15, 0.2) is 11.6 Å². The van der Waals surface area contributed by atoms with Crippen molar-refractivity contribution in [3.05, 3.63) is 168 Å². The molecule has 0 spiro atoms. The van der Waals surface area contributed by atoms with Crippen LogP contribution in [0.25, 0.3) is 22.8 Å². The minimum absolute atomic E-state index is 0.0705. The number of nitrogens with one attached hydrogen (secondary N) is 2. The van der Waals surface area contributed by atoms with Gasteiger partial charge in [0.05, 0.1) is 30.9 Å². The summed E-state index contributed by atoms with van der Waals surface area (Å²) in [5, 5.41) is 13.8. The number of amides is 2. The Morgan fingerprint density at radius 3 is 1.62 bits per heavy atom. The SMILES string of the molecule is COc1cc(-n2cccn2)ncc1C(=O)NCc1ccc(C(F)(F)F)cc1.COc1cc(-n2cccn2)ncc1C(=O)NCc1cccc(-c2ccccc2)c1. The zero-order valence-corrected chi connectivity index (χ0v) is 30.1. The second-order valence-corrected chi connectivity index (χ2v) is 12.0. The smallest absolute Gasteiger partial charge is 0.416 e. The molecule has 0 fully saturated rings. The Morgan fingerprint density at radius 1 is 0.625 bits per heavy atom. The van der Waals surface area contributed by atoms with Crippen molar-refractivity contribution in [1.82, 2.24) is 40.2 Å². The second-order valence-electron chi connectivity index (χ2n) is 12.0. The zero-order chi connectivity index (χ0) is 39.5. The number of carbonyl (C=O) groups is 2. The Morgan fingerprint density at radius 2 is 1.14 bits per heavy atom. The molecule has 0 radical (unpaired) electrons. The van der Waals surface area contributed by atoms with Crippen molar-refractivity contribution in [3.8, 4) is 34.3 Å². The molecule has 0 saturated carbocycles. The molecule has 0 aliphatic heterocycles. The van der Waals surface area contributed by atoms with Gasteiger partial charge in [-0.2, -0.15) is 23.4 Å². The van der Waals surface area contributed by atoms with Crippen LogP contribution < -0.4 is 20.1 Å². The van der Waals surface area contributed by atoms with Crippen LogP contribution in [0.2, 0.25) is 0 Å². The molecule has 0 atom stereocenters. The number of carbonyl (C=O) groups excluding carboxylic acids is 2. The summed E-state index contributed by atoms with van der Waals surface area (Å²) in [6.07, 6.45) is 5.21. The molecule has 15 heteroatoms. The maximum Gasteiger partial charge on any atom is 0.416 e. The first kappa shape index (κ1) is 38.4. The van der Waals surface area contributed by atoms with Gasteiger partial charge in [0, 0.05) is 62.4 Å². The average Bonchev–Trinajstić information content (AvgIpc) is 3.98. The van der Waals surface area contributed by atoms with Crippen LogP contribution in [-0.2, 0) is 19.3 Å². The Labute approximate surface area is 319 Å². The lowest BCUT2D eigenvalue weighted by Crippen LogP contribution is -2.23. The summed E-state index contributed by atoms with van der Waals surface area (Å²) >= 11 is 0. The van der Waals surface area contributed by atoms with Crippen molar-refractivity contribution in [1.29, 1.82) is 0 Å². The Balaban J connectivity index is 0.000000190. The number of rotatable bonds is 11. The van der Waals surface area contributed by atoms with Crippen molar-refractivity contribution in [2.24, 2.45) is 0 Å². The van der Waals surface area contributed by atoms with E-state index in [2.05, 4.69) is 55.1 Å². The van der Waals surface area contributed by atoms with Crippen molar-refractivity contribution < 1.29 is 32.2 Å². The number of aromatic nitrogens is 6. The van der Waals surface area contributed by atoms with Gasteiger partial charge in [-0.25, -0.2) is 19.3 Å². The first-order valence-electron chi connectivity index (χ1n) is 17.1. The van der Waals surface area contributed by atoms with Crippen LogP contribution in [0.3, 0.4) is 0 Å². The lowest BCUT2D eigenvalue weighted by molar-refractivity contribution is -0.137. The zero-order valence-electron chi connectivity index (χ0n) is 30.1. The molecule has 0 bridgehead atoms. The molecule has 12 nitrogen and oxygen atoms in total. The topological polar surface area (TPSA) is 138 Å². The summed E-state index contributed by atoms with van der Waals surface area (Å²) in [5.74, 6) is 1.12. The van der Waals surface area contributed by atoms with Crippen molar-refractivity contribution in [2.45, 2.75) is 19.3 Å². The molecule has 2 amide bonds. The van der Waals surface area contributed by atoms with Crippen LogP contribution in [0, 0.1) is 0 Å². The van der Waals surface area contributed by atoms with E-state index in [0.717, 1.165) is 28.8 Å². The fourth-order valence-electron chi connectivity index (χ4n) is 5.45. The molecular weight excluding hydrogens is 725 g/mol. The highest BCUT2D eigenvalue weighted by molar-refractivity contribution is 5.97. The normalized spacial score (nSPS) is 10.9. The molecule has 3 aromatic carbocycles. The van der Waals surface area contributed by atoms with E-state index in [-0.39, 0.29) is 18.0 Å². The van der Waals surface area contributed by atoms with Gasteiger partial charge in [-0.1, -0.05) is 60.7 Å². The van der Waals surface area contributed by atoms with Crippen LogP contribution in [0.5, 0.6) is 11.5 Å². The van der Waals surface area contributed by atoms with Crippen molar-refractivity contribution in [2.75, 3.05) is 14.2 Å². The number of methoxy groups -OCH3 is 2. The van der Waals surface area contributed by atoms with E-state index in [1.54, 1.807) is 53.7 Å². The monoisotopic (exact) mass is 760 g/mol. The molecule has 0 unspecified atom stereocenters. The van der Waals surface area contributed by atoms with Gasteiger partial charge in [0.1, 0.15) is 11.5 Å². The first-order chi connectivity index (χ1) is 27.1. The molecule has 7 rings (SSSR count). The van der Waals surface area contributed by atoms with Crippen LogP contribution in [-0.4, -0.2) is 55.6 Å². The minimum atomic E-state index is -4.39. The summed E-state index contributed by atoms with van der Waals surface area (Å²) in [7, 11) is 2.96. The highest BCUT2D eigenvalue weighted by Gasteiger charge is 2.30. The third kappa shape index (κ3) is 9.62. The number of alkyl halides is 3. The summed E-state index contributed by atoms with van der Waals surface area (Å²) in [5.41, 5.74) is 3.65. The van der Waals surface area contributed by atoms with E-state index in [9.17, 15) is 22.8 Å². The molecule has 0 saturated heterocycles. The third-order valence-electron chi connectivity index (χ3n) is 8.33. The largest absolute Gasteiger partial charge is 0.496 e. The van der Waals surface area contributed by atoms with Crippen molar-refractivity contribution in [3.63, 3.8) is 0 Å². The number of hydrogen-bond donors (Lipinski definition) is 2. The third-order valence-corrected chi connectivity index (χ3v) is 8.33. The molecule has 56 heavy (non-hydrogen) atoms. The molecule has 2 N–H and O–H groups in total. The second kappa shape index (κ2) is 17.7. The van der Waals surface area contributed by atoms with E-state index >= 15 is 0 Å². The van der Waals surface area contributed by atoms with E-state index in [1.165, 1.54) is 43.4 Å². The molecular formula is C41H35F3N8O4. The Hall–Kier alpha value is -7.29. The number of hydrogen-bond acceptors (Lipinski definition) is 8. The molecule has 4 heterocycles. The van der Waals surface area contributed by atoms with Gasteiger partial charge in [-0.05, 0) is 52.6 Å². The number of halogens is 3. The lowest BCUT2D eigenvalue weighted by atomic mass is 10.0. The van der Waals surface area contributed by atoms with Crippen LogP contribution in [0.15, 0.2) is 140 Å². The number of nitrogens with zero attached hydrogens (tertiary/aromatic N) is 6. The van der Waals surface area contributed by atoms with Gasteiger partial charge in [0.2, 0.25) is 0 Å². The van der Waals surface area contributed by atoms with E-state index in [1.807, 2.05) is 30.3 Å². The van der Waals surface area contributed by atoms with Gasteiger partial charge in [0.25, 0.3) is 11.8 Å². The van der Waals surface area contributed by atoms with E-state index in [4.69, 9.17) is 9.47 Å².